The van der Waals surface area contributed by atoms with Crippen LogP contribution >= 0.6 is 0 Å². The van der Waals surface area contributed by atoms with Crippen LogP contribution in [0.15, 0.2) is 18.5 Å². The van der Waals surface area contributed by atoms with E-state index in [9.17, 15) is 13.6 Å². The second-order valence-corrected chi connectivity index (χ2v) is 5.15. The number of ether oxygens (including phenoxy) is 1. The number of carbonyl (C=O) groups is 1. The zero-order valence-electron chi connectivity index (χ0n) is 11.6. The molecule has 1 amide bonds. The van der Waals surface area contributed by atoms with Gasteiger partial charge in [0.15, 0.2) is 11.6 Å². The van der Waals surface area contributed by atoms with Crippen molar-refractivity contribution < 1.29 is 18.3 Å². The Morgan fingerprint density at radius 1 is 1.36 bits per heavy atom. The first-order valence-electron chi connectivity index (χ1n) is 6.79. The fourth-order valence-corrected chi connectivity index (χ4v) is 2.55. The molecule has 22 heavy (non-hydrogen) atoms. The van der Waals surface area contributed by atoms with Gasteiger partial charge < -0.3 is 15.8 Å². The number of hydrogen-bond acceptors (Lipinski definition) is 5. The lowest BCUT2D eigenvalue weighted by Crippen LogP contribution is -2.42. The zero-order chi connectivity index (χ0) is 15.7. The summed E-state index contributed by atoms with van der Waals surface area (Å²) in [6, 6.07) is 1.28. The quantitative estimate of drug-likeness (QED) is 0.886. The summed E-state index contributed by atoms with van der Waals surface area (Å²) in [4.78, 5) is 19.6. The number of primary amides is 1. The number of nitrogens with two attached hydrogens (primary N) is 1. The zero-order valence-corrected chi connectivity index (χ0v) is 11.6. The fraction of sp³-hybridized carbons (Fsp3) is 0.357. The van der Waals surface area contributed by atoms with Gasteiger partial charge in [-0.2, -0.15) is 0 Å². The average molecular weight is 308 g/mol. The van der Waals surface area contributed by atoms with Crippen LogP contribution in [0.5, 0.6) is 0 Å². The molecule has 2 atom stereocenters. The van der Waals surface area contributed by atoms with Gasteiger partial charge >= 0.3 is 0 Å². The molecule has 1 aliphatic heterocycles. The lowest BCUT2D eigenvalue weighted by molar-refractivity contribution is -0.119. The second kappa shape index (κ2) is 5.80. The summed E-state index contributed by atoms with van der Waals surface area (Å²) in [7, 11) is 0. The van der Waals surface area contributed by atoms with Crippen molar-refractivity contribution in [1.82, 2.24) is 9.97 Å². The number of halogens is 2. The molecule has 0 bridgehead atoms. The molecule has 0 aliphatic carbocycles. The molecule has 116 valence electrons. The van der Waals surface area contributed by atoms with Crippen molar-refractivity contribution in [2.24, 2.45) is 11.7 Å². The van der Waals surface area contributed by atoms with Crippen molar-refractivity contribution in [3.8, 4) is 0 Å². The summed E-state index contributed by atoms with van der Waals surface area (Å²) >= 11 is 0. The molecule has 2 heterocycles. The number of fused-ring (bicyclic) bond motifs is 1. The first-order chi connectivity index (χ1) is 10.6. The summed E-state index contributed by atoms with van der Waals surface area (Å²) < 4.78 is 32.0. The molecule has 0 saturated carbocycles. The highest BCUT2D eigenvalue weighted by Crippen LogP contribution is 2.25. The van der Waals surface area contributed by atoms with E-state index in [2.05, 4.69) is 15.3 Å². The third kappa shape index (κ3) is 2.69. The molecule has 1 aromatic heterocycles. The Morgan fingerprint density at radius 2 is 2.14 bits per heavy atom. The molecule has 1 aliphatic rings. The van der Waals surface area contributed by atoms with Crippen molar-refractivity contribution in [2.75, 3.05) is 18.5 Å². The topological polar surface area (TPSA) is 90.1 Å². The van der Waals surface area contributed by atoms with Crippen LogP contribution in [0.3, 0.4) is 0 Å². The van der Waals surface area contributed by atoms with Gasteiger partial charge in [0, 0.05) is 24.0 Å². The van der Waals surface area contributed by atoms with Crippen molar-refractivity contribution in [3.63, 3.8) is 0 Å². The Bertz CT molecular complexity index is 719. The predicted octanol–water partition coefficient (Wildman–Crippen LogP) is 1.21. The highest BCUT2D eigenvalue weighted by molar-refractivity contribution is 5.91. The number of carbonyl (C=O) groups excluding carboxylic acids is 1. The van der Waals surface area contributed by atoms with Crippen LogP contribution in [0.1, 0.15) is 6.42 Å². The number of anilines is 1. The van der Waals surface area contributed by atoms with E-state index in [0.29, 0.717) is 19.6 Å². The average Bonchev–Trinajstić information content (AvgIpc) is 3.00. The number of amides is 1. The minimum atomic E-state index is -1.01. The Hall–Kier alpha value is -2.35. The highest BCUT2D eigenvalue weighted by atomic mass is 19.2. The molecule has 6 nitrogen and oxygen atoms in total. The maximum absolute atomic E-state index is 13.5. The van der Waals surface area contributed by atoms with Crippen LogP contribution in [0.2, 0.25) is 0 Å². The van der Waals surface area contributed by atoms with Gasteiger partial charge in [-0.3, -0.25) is 4.79 Å². The van der Waals surface area contributed by atoms with Crippen molar-refractivity contribution in [2.45, 2.75) is 12.5 Å². The molecule has 0 unspecified atom stereocenters. The third-order valence-corrected chi connectivity index (χ3v) is 3.71. The number of rotatable bonds is 4. The highest BCUT2D eigenvalue weighted by Gasteiger charge is 2.30. The monoisotopic (exact) mass is 308 g/mol. The summed E-state index contributed by atoms with van der Waals surface area (Å²) in [6.07, 6.45) is 1.90. The Morgan fingerprint density at radius 3 is 2.82 bits per heavy atom. The van der Waals surface area contributed by atoms with Crippen LogP contribution in [0.4, 0.5) is 14.6 Å². The van der Waals surface area contributed by atoms with Gasteiger partial charge in [0.05, 0.1) is 12.1 Å². The molecule has 0 spiro atoms. The molecule has 8 heteroatoms. The Labute approximate surface area is 124 Å². The van der Waals surface area contributed by atoms with Crippen LogP contribution in [0.25, 0.3) is 10.9 Å². The van der Waals surface area contributed by atoms with E-state index in [1.165, 1.54) is 6.33 Å². The molecule has 3 N–H and O–H groups in total. The lowest BCUT2D eigenvalue weighted by Gasteiger charge is -2.21. The van der Waals surface area contributed by atoms with Crippen molar-refractivity contribution >= 4 is 22.6 Å². The first kappa shape index (κ1) is 14.6. The van der Waals surface area contributed by atoms with E-state index in [-0.39, 0.29) is 22.6 Å². The lowest BCUT2D eigenvalue weighted by atomic mass is 9.98. The fourth-order valence-electron chi connectivity index (χ4n) is 2.55. The SMILES string of the molecule is NC(=O)[C@@H](Nc1ncnc2cc(F)c(F)cc12)[C@H]1CCOC1. The normalized spacial score (nSPS) is 19.3. The van der Waals surface area contributed by atoms with E-state index in [0.717, 1.165) is 12.1 Å². The largest absolute Gasteiger partial charge is 0.381 e. The summed E-state index contributed by atoms with van der Waals surface area (Å²) in [5.41, 5.74) is 5.67. The van der Waals surface area contributed by atoms with E-state index in [4.69, 9.17) is 10.5 Å². The summed E-state index contributed by atoms with van der Waals surface area (Å²) in [6.45, 7) is 0.965. The van der Waals surface area contributed by atoms with Gasteiger partial charge in [-0.05, 0) is 12.5 Å². The maximum atomic E-state index is 13.5. The van der Waals surface area contributed by atoms with E-state index in [1.54, 1.807) is 0 Å². The van der Waals surface area contributed by atoms with E-state index in [1.807, 2.05) is 0 Å². The summed E-state index contributed by atoms with van der Waals surface area (Å²) in [5.74, 6) is -2.41. The molecule has 0 radical (unpaired) electrons. The molecule has 3 rings (SSSR count). The molecule has 1 fully saturated rings. The Balaban J connectivity index is 1.98. The second-order valence-electron chi connectivity index (χ2n) is 5.15. The van der Waals surface area contributed by atoms with Gasteiger partial charge in [0.1, 0.15) is 18.2 Å². The molecule has 2 aromatic rings. The summed E-state index contributed by atoms with van der Waals surface area (Å²) in [5, 5.41) is 3.20. The van der Waals surface area contributed by atoms with Crippen LogP contribution in [-0.2, 0) is 9.53 Å². The number of aromatic nitrogens is 2. The smallest absolute Gasteiger partial charge is 0.240 e. The van der Waals surface area contributed by atoms with Gasteiger partial charge in [0.2, 0.25) is 5.91 Å². The number of hydrogen-bond donors (Lipinski definition) is 2. The maximum Gasteiger partial charge on any atom is 0.240 e. The van der Waals surface area contributed by atoms with E-state index >= 15 is 0 Å². The van der Waals surface area contributed by atoms with Crippen molar-refractivity contribution in [1.29, 1.82) is 0 Å². The first-order valence-corrected chi connectivity index (χ1v) is 6.79. The van der Waals surface area contributed by atoms with E-state index < -0.39 is 23.6 Å². The van der Waals surface area contributed by atoms with Gasteiger partial charge in [0.25, 0.3) is 0 Å². The molecule has 1 saturated heterocycles. The van der Waals surface area contributed by atoms with Crippen LogP contribution < -0.4 is 11.1 Å². The standard InChI is InChI=1S/C14H14F2N4O2/c15-9-3-8-11(4-10(9)16)18-6-19-14(8)20-12(13(17)21)7-1-2-22-5-7/h3-4,6-7,12H,1-2,5H2,(H2,17,21)(H,18,19,20)/t7-,12-/m0/s1. The van der Waals surface area contributed by atoms with Crippen LogP contribution in [-0.4, -0.2) is 35.1 Å². The van der Waals surface area contributed by atoms with Crippen LogP contribution in [0, 0.1) is 17.6 Å². The molecule has 1 aromatic carbocycles. The van der Waals surface area contributed by atoms with Gasteiger partial charge in [-0.1, -0.05) is 0 Å². The van der Waals surface area contributed by atoms with Gasteiger partial charge in [-0.25, -0.2) is 18.7 Å². The number of benzene rings is 1. The van der Waals surface area contributed by atoms with Crippen molar-refractivity contribution in [3.05, 3.63) is 30.1 Å². The minimum absolute atomic E-state index is 0.0900. The van der Waals surface area contributed by atoms with Gasteiger partial charge in [-0.15, -0.1) is 0 Å². The molecular weight excluding hydrogens is 294 g/mol. The number of nitrogens with zero attached hydrogens (tertiary/aromatic N) is 2. The third-order valence-electron chi connectivity index (χ3n) is 3.71. The minimum Gasteiger partial charge on any atom is -0.381 e. The number of nitrogens with one attached hydrogen (secondary N) is 1. The predicted molar refractivity (Wildman–Crippen MR) is 75.0 cm³/mol. The molecular formula is C14H14F2N4O2. The Kier molecular flexibility index (Phi) is 3.84.